The number of ketones is 1. The van der Waals surface area contributed by atoms with Crippen molar-refractivity contribution in [3.05, 3.63) is 96.8 Å². The molecule has 0 saturated carbocycles. The fraction of sp³-hybridized carbons (Fsp3) is 0.160. The van der Waals surface area contributed by atoms with E-state index in [9.17, 15) is 14.4 Å². The van der Waals surface area contributed by atoms with Gasteiger partial charge in [0.2, 0.25) is 0 Å². The van der Waals surface area contributed by atoms with Gasteiger partial charge in [-0.2, -0.15) is 0 Å². The first-order valence-electron chi connectivity index (χ1n) is 11.0. The lowest BCUT2D eigenvalue weighted by molar-refractivity contribution is 0.0532. The third-order valence-corrected chi connectivity index (χ3v) is 7.40. The lowest BCUT2D eigenvalue weighted by Gasteiger charge is -2.11. The summed E-state index contributed by atoms with van der Waals surface area (Å²) in [4.78, 5) is 39.0. The average Bonchev–Trinajstić information content (AvgIpc) is 3.47. The predicted octanol–water partition coefficient (Wildman–Crippen LogP) is 5.94. The van der Waals surface area contributed by atoms with Crippen LogP contribution in [-0.4, -0.2) is 39.0 Å². The Balaban J connectivity index is 1.72. The van der Waals surface area contributed by atoms with Gasteiger partial charge in [-0.15, -0.1) is 21.5 Å². The molecule has 0 bridgehead atoms. The van der Waals surface area contributed by atoms with Crippen LogP contribution in [-0.2, 0) is 11.3 Å². The summed E-state index contributed by atoms with van der Waals surface area (Å²) in [6.45, 7) is 3.55. The van der Waals surface area contributed by atoms with Gasteiger partial charge in [-0.3, -0.25) is 14.2 Å². The molecule has 4 rings (SSSR count). The van der Waals surface area contributed by atoms with Gasteiger partial charge in [0.05, 0.1) is 33.8 Å². The van der Waals surface area contributed by atoms with Gasteiger partial charge in [0.25, 0.3) is 5.91 Å². The summed E-state index contributed by atoms with van der Waals surface area (Å²) in [7, 11) is 0. The van der Waals surface area contributed by atoms with Gasteiger partial charge in [-0.1, -0.05) is 46.9 Å². The Kier molecular flexibility index (Phi) is 8.29. The van der Waals surface area contributed by atoms with Gasteiger partial charge in [0.1, 0.15) is 15.7 Å². The number of thiophene rings is 1. The minimum atomic E-state index is -0.563. The van der Waals surface area contributed by atoms with Crippen molar-refractivity contribution in [3.8, 4) is 5.00 Å². The second kappa shape index (κ2) is 11.4. The first kappa shape index (κ1) is 26.8. The summed E-state index contributed by atoms with van der Waals surface area (Å²) < 4.78 is 6.76. The van der Waals surface area contributed by atoms with E-state index in [1.807, 2.05) is 0 Å². The van der Waals surface area contributed by atoms with Crippen molar-refractivity contribution in [1.29, 1.82) is 0 Å². The molecule has 0 aliphatic rings. The number of aryl methyl sites for hydroxylation is 1. The highest BCUT2D eigenvalue weighted by Gasteiger charge is 2.26. The number of benzene rings is 2. The predicted molar refractivity (Wildman–Crippen MR) is 142 cm³/mol. The zero-order chi connectivity index (χ0) is 26.7. The van der Waals surface area contributed by atoms with Gasteiger partial charge >= 0.3 is 5.97 Å². The van der Waals surface area contributed by atoms with E-state index in [-0.39, 0.29) is 45.0 Å². The second-order valence-corrected chi connectivity index (χ2v) is 9.92. The topological polar surface area (TPSA) is 103 Å². The van der Waals surface area contributed by atoms with Crippen molar-refractivity contribution in [2.75, 3.05) is 6.61 Å². The van der Waals surface area contributed by atoms with Gasteiger partial charge in [0.15, 0.2) is 11.6 Å². The van der Waals surface area contributed by atoms with Crippen LogP contribution in [0.3, 0.4) is 0 Å². The molecular formula is C25H19Cl3N4O4S. The second-order valence-electron chi connectivity index (χ2n) is 7.67. The van der Waals surface area contributed by atoms with Crippen molar-refractivity contribution >= 4 is 63.8 Å². The molecule has 37 heavy (non-hydrogen) atoms. The molecule has 0 spiro atoms. The van der Waals surface area contributed by atoms with Crippen molar-refractivity contribution in [2.45, 2.75) is 20.4 Å². The maximum atomic E-state index is 13.5. The smallest absolute Gasteiger partial charge is 0.348 e. The largest absolute Gasteiger partial charge is 0.462 e. The molecule has 1 amide bonds. The fourth-order valence-corrected chi connectivity index (χ4v) is 5.12. The molecule has 0 fully saturated rings. The molecule has 2 aromatic carbocycles. The molecular weight excluding hydrogens is 559 g/mol. The molecule has 0 aliphatic heterocycles. The zero-order valence-electron chi connectivity index (χ0n) is 19.5. The summed E-state index contributed by atoms with van der Waals surface area (Å²) >= 11 is 19.3. The van der Waals surface area contributed by atoms with Crippen LogP contribution >= 0.6 is 46.1 Å². The third kappa shape index (κ3) is 5.70. The van der Waals surface area contributed by atoms with Crippen LogP contribution in [0.2, 0.25) is 15.1 Å². The zero-order valence-corrected chi connectivity index (χ0v) is 22.6. The maximum Gasteiger partial charge on any atom is 0.348 e. The lowest BCUT2D eigenvalue weighted by Crippen LogP contribution is -2.24. The average molecular weight is 578 g/mol. The molecule has 2 heterocycles. The van der Waals surface area contributed by atoms with E-state index in [1.54, 1.807) is 48.7 Å². The van der Waals surface area contributed by atoms with Crippen LogP contribution in [0.15, 0.2) is 48.5 Å². The monoisotopic (exact) mass is 576 g/mol. The number of hydrogen-bond donors (Lipinski definition) is 1. The molecule has 0 unspecified atom stereocenters. The Morgan fingerprint density at radius 2 is 1.73 bits per heavy atom. The third-order valence-electron chi connectivity index (χ3n) is 5.24. The molecule has 0 atom stereocenters. The number of hydrogen-bond acceptors (Lipinski definition) is 7. The first-order valence-corrected chi connectivity index (χ1v) is 12.9. The molecule has 2 aromatic heterocycles. The highest BCUT2D eigenvalue weighted by molar-refractivity contribution is 7.16. The van der Waals surface area contributed by atoms with Gasteiger partial charge < -0.3 is 10.1 Å². The van der Waals surface area contributed by atoms with E-state index in [0.29, 0.717) is 27.2 Å². The number of nitrogens with zero attached hydrogens (tertiary/aromatic N) is 3. The Bertz CT molecular complexity index is 1520. The number of nitrogens with one attached hydrogen (secondary N) is 1. The number of carbonyl (C=O) groups excluding carboxylic acids is 3. The number of esters is 1. The minimum Gasteiger partial charge on any atom is -0.462 e. The summed E-state index contributed by atoms with van der Waals surface area (Å²) in [6, 6.07) is 12.6. The lowest BCUT2D eigenvalue weighted by atomic mass is 10.0. The first-order chi connectivity index (χ1) is 17.7. The molecule has 0 aliphatic carbocycles. The van der Waals surface area contributed by atoms with Crippen LogP contribution in [0.4, 0.5) is 0 Å². The van der Waals surface area contributed by atoms with Crippen molar-refractivity contribution < 1.29 is 19.1 Å². The van der Waals surface area contributed by atoms with Crippen LogP contribution < -0.4 is 5.32 Å². The normalized spacial score (nSPS) is 10.8. The fourth-order valence-electron chi connectivity index (χ4n) is 3.49. The summed E-state index contributed by atoms with van der Waals surface area (Å²) in [5.74, 6) is -0.560. The molecule has 8 nitrogen and oxygen atoms in total. The van der Waals surface area contributed by atoms with Crippen molar-refractivity contribution in [1.82, 2.24) is 20.1 Å². The van der Waals surface area contributed by atoms with E-state index in [0.717, 1.165) is 11.3 Å². The maximum absolute atomic E-state index is 13.5. The molecule has 12 heteroatoms. The quantitative estimate of drug-likeness (QED) is 0.205. The Labute approximate surface area is 231 Å². The summed E-state index contributed by atoms with van der Waals surface area (Å²) in [6.07, 6.45) is 0. The number of halogens is 3. The van der Waals surface area contributed by atoms with Gasteiger partial charge in [-0.05, 0) is 50.2 Å². The molecule has 190 valence electrons. The highest BCUT2D eigenvalue weighted by atomic mass is 35.5. The SMILES string of the molecule is CCOC(=O)c1cc(C(=O)c2ccccc2Cl)c(-n2c(C)nnc2CNC(=O)c2ccc(Cl)c(Cl)c2)s1. The Morgan fingerprint density at radius 1 is 0.973 bits per heavy atom. The number of rotatable bonds is 8. The van der Waals surface area contributed by atoms with E-state index in [1.165, 1.54) is 18.2 Å². The summed E-state index contributed by atoms with van der Waals surface area (Å²) in [5.41, 5.74) is 0.812. The molecule has 0 radical (unpaired) electrons. The number of ether oxygens (including phenoxy) is 1. The minimum absolute atomic E-state index is 0.0215. The Hall–Kier alpha value is -3.24. The van der Waals surface area contributed by atoms with Crippen molar-refractivity contribution in [2.24, 2.45) is 0 Å². The van der Waals surface area contributed by atoms with E-state index in [2.05, 4.69) is 15.5 Å². The number of carbonyl (C=O) groups is 3. The molecule has 0 saturated heterocycles. The van der Waals surface area contributed by atoms with Gasteiger partial charge in [0, 0.05) is 11.1 Å². The molecule has 1 N–H and O–H groups in total. The van der Waals surface area contributed by atoms with Crippen LogP contribution in [0.25, 0.3) is 5.00 Å². The Morgan fingerprint density at radius 3 is 2.43 bits per heavy atom. The van der Waals surface area contributed by atoms with Gasteiger partial charge in [-0.25, -0.2) is 4.79 Å². The van der Waals surface area contributed by atoms with Crippen molar-refractivity contribution in [3.63, 3.8) is 0 Å². The van der Waals surface area contributed by atoms with Crippen LogP contribution in [0.5, 0.6) is 0 Å². The van der Waals surface area contributed by atoms with E-state index in [4.69, 9.17) is 39.5 Å². The van der Waals surface area contributed by atoms with E-state index >= 15 is 0 Å². The van der Waals surface area contributed by atoms with Crippen LogP contribution in [0, 0.1) is 6.92 Å². The highest BCUT2D eigenvalue weighted by Crippen LogP contribution is 2.32. The number of aromatic nitrogens is 3. The van der Waals surface area contributed by atoms with Crippen LogP contribution in [0.1, 0.15) is 54.5 Å². The molecule has 4 aromatic rings. The van der Waals surface area contributed by atoms with E-state index < -0.39 is 11.9 Å². The standard InChI is InChI=1S/C25H19Cl3N4O4S/c1-3-36-25(35)20-11-16(22(33)15-6-4-5-7-17(15)26)24(37-20)32-13(2)30-31-21(32)12-29-23(34)14-8-9-18(27)19(28)10-14/h4-11H,3,12H2,1-2H3,(H,29,34). The number of amides is 1. The summed E-state index contributed by atoms with van der Waals surface area (Å²) in [5, 5.41) is 12.3.